The molecule has 2 rings (SSSR count). The molecule has 1 N–H and O–H groups in total. The fraction of sp³-hybridized carbons (Fsp3) is 0.400. The largest absolute Gasteiger partial charge is 0.365 e. The van der Waals surface area contributed by atoms with E-state index >= 15 is 0 Å². The molecule has 2 nitrogen and oxygen atoms in total. The lowest BCUT2D eigenvalue weighted by Crippen LogP contribution is -1.95. The monoisotopic (exact) mass is 338 g/mol. The molecule has 0 amide bonds. The lowest BCUT2D eigenvalue weighted by atomic mass is 10.00. The average Bonchev–Trinajstić information content (AvgIpc) is 2.77. The molecule has 1 aromatic heterocycles. The molecule has 2 aromatic rings. The summed E-state index contributed by atoms with van der Waals surface area (Å²) in [6, 6.07) is 8.92. The predicted octanol–water partition coefficient (Wildman–Crippen LogP) is 4.86. The Kier molecular flexibility index (Phi) is 4.99. The zero-order valence-corrected chi connectivity index (χ0v) is 13.9. The van der Waals surface area contributed by atoms with Crippen molar-refractivity contribution in [2.75, 3.05) is 12.4 Å². The van der Waals surface area contributed by atoms with E-state index in [-0.39, 0.29) is 0 Å². The minimum Gasteiger partial charge on any atom is -0.365 e. The van der Waals surface area contributed by atoms with Gasteiger partial charge in [0.2, 0.25) is 0 Å². The van der Waals surface area contributed by atoms with Gasteiger partial charge in [-0.25, -0.2) is 4.98 Å². The second kappa shape index (κ2) is 6.53. The number of benzene rings is 1. The Morgan fingerprint density at radius 2 is 1.89 bits per heavy atom. The van der Waals surface area contributed by atoms with Gasteiger partial charge in [0.15, 0.2) is 5.13 Å². The van der Waals surface area contributed by atoms with E-state index in [1.165, 1.54) is 11.1 Å². The summed E-state index contributed by atoms with van der Waals surface area (Å²) in [4.78, 5) is 4.55. The fourth-order valence-corrected chi connectivity index (χ4v) is 3.37. The van der Waals surface area contributed by atoms with Crippen molar-refractivity contribution in [1.29, 1.82) is 0 Å². The topological polar surface area (TPSA) is 24.9 Å². The van der Waals surface area contributed by atoms with E-state index in [1.54, 1.807) is 11.3 Å². The van der Waals surface area contributed by atoms with Crippen molar-refractivity contribution >= 4 is 32.4 Å². The number of aromatic nitrogens is 1. The highest BCUT2D eigenvalue weighted by molar-refractivity contribution is 9.11. The molecule has 0 aliphatic rings. The highest BCUT2D eigenvalue weighted by atomic mass is 79.9. The van der Waals surface area contributed by atoms with E-state index in [4.69, 9.17) is 0 Å². The molecule has 0 aliphatic heterocycles. The first-order valence-corrected chi connectivity index (χ1v) is 8.13. The first-order chi connectivity index (χ1) is 9.10. The van der Waals surface area contributed by atoms with Crippen molar-refractivity contribution < 1.29 is 0 Å². The van der Waals surface area contributed by atoms with E-state index < -0.39 is 0 Å². The van der Waals surface area contributed by atoms with Crippen LogP contribution in [0.4, 0.5) is 5.13 Å². The van der Waals surface area contributed by atoms with Gasteiger partial charge in [-0.3, -0.25) is 0 Å². The lowest BCUT2D eigenvalue weighted by Gasteiger charge is -2.06. The van der Waals surface area contributed by atoms with Gasteiger partial charge in [0.05, 0.1) is 9.48 Å². The molecule has 1 heterocycles. The Hall–Kier alpha value is -0.870. The summed E-state index contributed by atoms with van der Waals surface area (Å²) >= 11 is 5.23. The second-order valence-corrected chi connectivity index (χ2v) is 7.20. The zero-order valence-electron chi connectivity index (χ0n) is 11.5. The van der Waals surface area contributed by atoms with Crippen molar-refractivity contribution in [1.82, 2.24) is 4.98 Å². The van der Waals surface area contributed by atoms with E-state index in [9.17, 15) is 0 Å². The molecule has 0 aliphatic carbocycles. The van der Waals surface area contributed by atoms with Crippen LogP contribution in [-0.4, -0.2) is 12.0 Å². The molecule has 0 bridgehead atoms. The van der Waals surface area contributed by atoms with Crippen LogP contribution in [0.15, 0.2) is 28.1 Å². The minimum atomic E-state index is 0.597. The molecule has 4 heteroatoms. The van der Waals surface area contributed by atoms with Crippen molar-refractivity contribution in [3.8, 4) is 0 Å². The van der Waals surface area contributed by atoms with Crippen molar-refractivity contribution in [2.24, 2.45) is 0 Å². The van der Waals surface area contributed by atoms with Crippen LogP contribution in [-0.2, 0) is 12.8 Å². The third-order valence-electron chi connectivity index (χ3n) is 3.16. The van der Waals surface area contributed by atoms with Gasteiger partial charge in [-0.15, -0.1) is 0 Å². The number of aryl methyl sites for hydroxylation is 2. The highest BCUT2D eigenvalue weighted by Crippen LogP contribution is 2.29. The Balaban J connectivity index is 1.99. The number of hydrogen-bond donors (Lipinski definition) is 1. The Labute approximate surface area is 127 Å². The Bertz CT molecular complexity index is 532. The average molecular weight is 339 g/mol. The summed E-state index contributed by atoms with van der Waals surface area (Å²) in [6.45, 7) is 4.45. The van der Waals surface area contributed by atoms with Gasteiger partial charge >= 0.3 is 0 Å². The highest BCUT2D eigenvalue weighted by Gasteiger charge is 2.08. The Morgan fingerprint density at radius 3 is 2.42 bits per heavy atom. The smallest absolute Gasteiger partial charge is 0.183 e. The summed E-state index contributed by atoms with van der Waals surface area (Å²) in [5.74, 6) is 0.597. The number of hydrogen-bond acceptors (Lipinski definition) is 3. The molecule has 0 saturated carbocycles. The number of nitrogens with one attached hydrogen (secondary N) is 1. The third-order valence-corrected chi connectivity index (χ3v) is 5.01. The van der Waals surface area contributed by atoms with E-state index in [2.05, 4.69) is 64.3 Å². The summed E-state index contributed by atoms with van der Waals surface area (Å²) < 4.78 is 1.13. The van der Waals surface area contributed by atoms with Gasteiger partial charge in [-0.1, -0.05) is 49.4 Å². The second-order valence-electron chi connectivity index (χ2n) is 4.89. The van der Waals surface area contributed by atoms with Gasteiger partial charge in [-0.2, -0.15) is 0 Å². The number of rotatable bonds is 5. The van der Waals surface area contributed by atoms with Crippen LogP contribution in [0.3, 0.4) is 0 Å². The summed E-state index contributed by atoms with van der Waals surface area (Å²) in [7, 11) is 1.90. The number of thiazole rings is 1. The molecular formula is C15H19BrN2S. The van der Waals surface area contributed by atoms with E-state index in [0.717, 1.165) is 27.5 Å². The van der Waals surface area contributed by atoms with Crippen molar-refractivity contribution in [2.45, 2.75) is 32.6 Å². The molecule has 0 spiro atoms. The molecule has 102 valence electrons. The van der Waals surface area contributed by atoms with Crippen LogP contribution in [0.2, 0.25) is 0 Å². The molecule has 0 atom stereocenters. The molecule has 0 radical (unpaired) electrons. The molecule has 0 unspecified atom stereocenters. The maximum absolute atomic E-state index is 4.55. The Morgan fingerprint density at radius 1 is 1.21 bits per heavy atom. The van der Waals surface area contributed by atoms with Crippen LogP contribution in [0.25, 0.3) is 0 Å². The quantitative estimate of drug-likeness (QED) is 0.842. The number of nitrogens with zero attached hydrogens (tertiary/aromatic N) is 1. The molecular weight excluding hydrogens is 320 g/mol. The zero-order chi connectivity index (χ0) is 13.8. The van der Waals surface area contributed by atoms with E-state index in [1.807, 2.05) is 7.05 Å². The first kappa shape index (κ1) is 14.5. The summed E-state index contributed by atoms with van der Waals surface area (Å²) in [5, 5.41) is 4.05. The van der Waals surface area contributed by atoms with E-state index in [0.29, 0.717) is 5.92 Å². The first-order valence-electron chi connectivity index (χ1n) is 6.52. The molecule has 0 saturated heterocycles. The normalized spacial score (nSPS) is 11.0. The fourth-order valence-electron chi connectivity index (χ4n) is 1.93. The van der Waals surface area contributed by atoms with Crippen LogP contribution < -0.4 is 5.32 Å². The maximum Gasteiger partial charge on any atom is 0.183 e. The molecule has 0 fully saturated rings. The molecule has 1 aromatic carbocycles. The standard InChI is InChI=1S/C15H19BrN2S/c1-10(2)12-7-4-11(5-8-12)6-9-13-14(16)19-15(17-3)18-13/h4-5,7-8,10H,6,9H2,1-3H3,(H,17,18). The summed E-state index contributed by atoms with van der Waals surface area (Å²) in [5.41, 5.74) is 3.91. The lowest BCUT2D eigenvalue weighted by molar-refractivity contribution is 0.861. The minimum absolute atomic E-state index is 0.597. The van der Waals surface area contributed by atoms with Crippen molar-refractivity contribution in [3.63, 3.8) is 0 Å². The predicted molar refractivity (Wildman–Crippen MR) is 87.3 cm³/mol. The number of anilines is 1. The van der Waals surface area contributed by atoms with Gasteiger partial charge in [0.1, 0.15) is 0 Å². The van der Waals surface area contributed by atoms with Gasteiger partial charge < -0.3 is 5.32 Å². The third kappa shape index (κ3) is 3.80. The molecule has 19 heavy (non-hydrogen) atoms. The van der Waals surface area contributed by atoms with Gasteiger partial charge in [0.25, 0.3) is 0 Å². The SMILES string of the molecule is CNc1nc(CCc2ccc(C(C)C)cc2)c(Br)s1. The van der Waals surface area contributed by atoms with Gasteiger partial charge in [0, 0.05) is 7.05 Å². The van der Waals surface area contributed by atoms with Crippen LogP contribution in [0.1, 0.15) is 36.6 Å². The maximum atomic E-state index is 4.55. The summed E-state index contributed by atoms with van der Waals surface area (Å²) in [6.07, 6.45) is 2.00. The number of halogens is 1. The van der Waals surface area contributed by atoms with Crippen LogP contribution >= 0.6 is 27.3 Å². The van der Waals surface area contributed by atoms with Crippen molar-refractivity contribution in [3.05, 3.63) is 44.9 Å². The van der Waals surface area contributed by atoms with Gasteiger partial charge in [-0.05, 0) is 45.8 Å². The van der Waals surface area contributed by atoms with Crippen LogP contribution in [0, 0.1) is 0 Å². The van der Waals surface area contributed by atoms with Crippen LogP contribution in [0.5, 0.6) is 0 Å².